The van der Waals surface area contributed by atoms with Crippen LogP contribution in [-0.2, 0) is 6.42 Å². The molecule has 0 saturated heterocycles. The van der Waals surface area contributed by atoms with Gasteiger partial charge in [0.15, 0.2) is 0 Å². The lowest BCUT2D eigenvalue weighted by molar-refractivity contribution is 0.322. The van der Waals surface area contributed by atoms with E-state index < -0.39 is 0 Å². The molecule has 0 saturated carbocycles. The summed E-state index contributed by atoms with van der Waals surface area (Å²) >= 11 is 0. The van der Waals surface area contributed by atoms with Crippen LogP contribution in [-0.4, -0.2) is 13.1 Å². The molecule has 19 heavy (non-hydrogen) atoms. The molecule has 1 atom stereocenters. The van der Waals surface area contributed by atoms with Crippen LogP contribution in [0.15, 0.2) is 18.2 Å². The molecule has 0 heterocycles. The van der Waals surface area contributed by atoms with E-state index >= 15 is 0 Å². The van der Waals surface area contributed by atoms with Crippen molar-refractivity contribution in [2.24, 2.45) is 5.92 Å². The molecule has 1 rings (SSSR count). The highest BCUT2D eigenvalue weighted by Crippen LogP contribution is 2.21. The number of nitrogens with one attached hydrogen (secondary N) is 1. The lowest BCUT2D eigenvalue weighted by Crippen LogP contribution is -2.35. The monoisotopic (exact) mass is 261 g/mol. The van der Waals surface area contributed by atoms with Crippen molar-refractivity contribution in [2.75, 3.05) is 7.05 Å². The molecule has 0 bridgehead atoms. The summed E-state index contributed by atoms with van der Waals surface area (Å²) in [4.78, 5) is 0. The van der Waals surface area contributed by atoms with Gasteiger partial charge in [-0.25, -0.2) is 0 Å². The second kappa shape index (κ2) is 8.37. The molecule has 0 aliphatic carbocycles. The Morgan fingerprint density at radius 2 is 1.63 bits per heavy atom. The fourth-order valence-corrected chi connectivity index (χ4v) is 2.98. The van der Waals surface area contributed by atoms with E-state index in [2.05, 4.69) is 58.3 Å². The summed E-state index contributed by atoms with van der Waals surface area (Å²) in [5.74, 6) is 0.807. The Hall–Kier alpha value is -0.820. The van der Waals surface area contributed by atoms with Gasteiger partial charge in [-0.05, 0) is 62.8 Å². The van der Waals surface area contributed by atoms with Crippen LogP contribution in [0.4, 0.5) is 0 Å². The third-order valence-corrected chi connectivity index (χ3v) is 4.29. The Balaban J connectivity index is 2.75. The molecule has 108 valence electrons. The largest absolute Gasteiger partial charge is 0.316 e. The summed E-state index contributed by atoms with van der Waals surface area (Å²) in [6.45, 7) is 8.99. The fourth-order valence-electron chi connectivity index (χ4n) is 2.98. The zero-order valence-electron chi connectivity index (χ0n) is 13.4. The summed E-state index contributed by atoms with van der Waals surface area (Å²) < 4.78 is 0. The Bertz CT molecular complexity index is 364. The van der Waals surface area contributed by atoms with E-state index in [4.69, 9.17) is 0 Å². The van der Waals surface area contributed by atoms with Crippen molar-refractivity contribution in [1.82, 2.24) is 5.32 Å². The highest BCUT2D eigenvalue weighted by Gasteiger charge is 2.18. The van der Waals surface area contributed by atoms with Gasteiger partial charge in [0.25, 0.3) is 0 Å². The summed E-state index contributed by atoms with van der Waals surface area (Å²) in [5, 5.41) is 3.55. The van der Waals surface area contributed by atoms with Crippen LogP contribution in [0.1, 0.15) is 56.2 Å². The van der Waals surface area contributed by atoms with Gasteiger partial charge in [0.1, 0.15) is 0 Å². The van der Waals surface area contributed by atoms with Crippen LogP contribution in [0.2, 0.25) is 0 Å². The van der Waals surface area contributed by atoms with Gasteiger partial charge in [-0.15, -0.1) is 0 Å². The van der Waals surface area contributed by atoms with Crippen LogP contribution in [0.3, 0.4) is 0 Å². The average molecular weight is 261 g/mol. The van der Waals surface area contributed by atoms with Crippen LogP contribution in [0, 0.1) is 19.8 Å². The Kier molecular flexibility index (Phi) is 7.15. The standard InChI is InChI=1S/C18H31N/c1-6-8-17(9-7-2)18(19-5)13-16-11-10-14(3)15(4)12-16/h10-12,17-19H,6-9,13H2,1-5H3. The van der Waals surface area contributed by atoms with Crippen molar-refractivity contribution in [3.8, 4) is 0 Å². The second-order valence-corrected chi connectivity index (χ2v) is 5.86. The maximum Gasteiger partial charge on any atom is 0.0133 e. The third kappa shape index (κ3) is 4.99. The van der Waals surface area contributed by atoms with Crippen molar-refractivity contribution in [3.63, 3.8) is 0 Å². The van der Waals surface area contributed by atoms with E-state index in [-0.39, 0.29) is 0 Å². The van der Waals surface area contributed by atoms with Gasteiger partial charge in [0, 0.05) is 6.04 Å². The number of aryl methyl sites for hydroxylation is 2. The first kappa shape index (κ1) is 16.2. The molecular weight excluding hydrogens is 230 g/mol. The van der Waals surface area contributed by atoms with Gasteiger partial charge in [0.05, 0.1) is 0 Å². The molecule has 0 spiro atoms. The van der Waals surface area contributed by atoms with E-state index in [9.17, 15) is 0 Å². The van der Waals surface area contributed by atoms with E-state index in [1.165, 1.54) is 42.4 Å². The Labute approximate surface area is 119 Å². The third-order valence-electron chi connectivity index (χ3n) is 4.29. The lowest BCUT2D eigenvalue weighted by Gasteiger charge is -2.27. The zero-order valence-corrected chi connectivity index (χ0v) is 13.4. The quantitative estimate of drug-likeness (QED) is 0.718. The topological polar surface area (TPSA) is 12.0 Å². The molecule has 0 amide bonds. The van der Waals surface area contributed by atoms with Crippen LogP contribution in [0.25, 0.3) is 0 Å². The molecule has 1 aromatic carbocycles. The molecule has 0 aliphatic rings. The first-order valence-corrected chi connectivity index (χ1v) is 7.85. The van der Waals surface area contributed by atoms with Crippen molar-refractivity contribution in [3.05, 3.63) is 34.9 Å². The predicted octanol–water partition coefficient (Wildman–Crippen LogP) is 4.65. The minimum atomic E-state index is 0.613. The molecule has 1 unspecified atom stereocenters. The summed E-state index contributed by atoms with van der Waals surface area (Å²) in [7, 11) is 2.12. The second-order valence-electron chi connectivity index (χ2n) is 5.86. The first-order chi connectivity index (χ1) is 9.12. The van der Waals surface area contributed by atoms with Crippen LogP contribution >= 0.6 is 0 Å². The van der Waals surface area contributed by atoms with Crippen molar-refractivity contribution < 1.29 is 0 Å². The molecule has 0 aliphatic heterocycles. The SMILES string of the molecule is CCCC(CCC)C(Cc1ccc(C)c(C)c1)NC. The summed E-state index contributed by atoms with van der Waals surface area (Å²) in [6.07, 6.45) is 6.40. The minimum absolute atomic E-state index is 0.613. The van der Waals surface area contributed by atoms with Gasteiger partial charge in [-0.1, -0.05) is 44.9 Å². The summed E-state index contributed by atoms with van der Waals surface area (Å²) in [5.41, 5.74) is 4.28. The van der Waals surface area contributed by atoms with Gasteiger partial charge >= 0.3 is 0 Å². The van der Waals surface area contributed by atoms with Gasteiger partial charge in [0.2, 0.25) is 0 Å². The number of hydrogen-bond acceptors (Lipinski definition) is 1. The summed E-state index contributed by atoms with van der Waals surface area (Å²) in [6, 6.07) is 7.52. The number of benzene rings is 1. The zero-order chi connectivity index (χ0) is 14.3. The number of rotatable bonds is 8. The Morgan fingerprint density at radius 3 is 2.11 bits per heavy atom. The smallest absolute Gasteiger partial charge is 0.0133 e. The molecule has 1 N–H and O–H groups in total. The highest BCUT2D eigenvalue weighted by molar-refractivity contribution is 5.30. The highest BCUT2D eigenvalue weighted by atomic mass is 14.9. The fraction of sp³-hybridized carbons (Fsp3) is 0.667. The normalized spacial score (nSPS) is 12.9. The number of hydrogen-bond donors (Lipinski definition) is 1. The van der Waals surface area contributed by atoms with Crippen LogP contribution < -0.4 is 5.32 Å². The van der Waals surface area contributed by atoms with E-state index in [1.807, 2.05) is 0 Å². The van der Waals surface area contributed by atoms with Crippen molar-refractivity contribution >= 4 is 0 Å². The average Bonchev–Trinajstić information content (AvgIpc) is 2.40. The van der Waals surface area contributed by atoms with E-state index in [0.29, 0.717) is 6.04 Å². The molecule has 1 nitrogen and oxygen atoms in total. The number of likely N-dealkylation sites (N-methyl/N-ethyl adjacent to an activating group) is 1. The maximum absolute atomic E-state index is 3.55. The molecule has 0 fully saturated rings. The Morgan fingerprint density at radius 1 is 1.00 bits per heavy atom. The first-order valence-electron chi connectivity index (χ1n) is 7.85. The van der Waals surface area contributed by atoms with Gasteiger partial charge in [-0.2, -0.15) is 0 Å². The van der Waals surface area contributed by atoms with Gasteiger partial charge in [-0.3, -0.25) is 0 Å². The molecule has 0 aromatic heterocycles. The predicted molar refractivity (Wildman–Crippen MR) is 85.8 cm³/mol. The molecule has 1 heteroatoms. The van der Waals surface area contributed by atoms with E-state index in [1.54, 1.807) is 0 Å². The van der Waals surface area contributed by atoms with E-state index in [0.717, 1.165) is 12.3 Å². The molecule has 1 aromatic rings. The van der Waals surface area contributed by atoms with Gasteiger partial charge < -0.3 is 5.32 Å². The van der Waals surface area contributed by atoms with Crippen molar-refractivity contribution in [1.29, 1.82) is 0 Å². The van der Waals surface area contributed by atoms with Crippen LogP contribution in [0.5, 0.6) is 0 Å². The molecular formula is C18H31N. The van der Waals surface area contributed by atoms with Crippen molar-refractivity contribution in [2.45, 2.75) is 65.8 Å². The maximum atomic E-state index is 3.55. The molecule has 0 radical (unpaired) electrons. The minimum Gasteiger partial charge on any atom is -0.316 e. The lowest BCUT2D eigenvalue weighted by atomic mass is 9.86.